The Labute approximate surface area is 112 Å². The van der Waals surface area contributed by atoms with Gasteiger partial charge in [0.05, 0.1) is 5.88 Å². The minimum absolute atomic E-state index is 0.0377. The minimum Gasteiger partial charge on any atom is -0.480 e. The van der Waals surface area contributed by atoms with Gasteiger partial charge in [0, 0.05) is 12.2 Å². The number of carboxylic acid groups (broad SMARTS) is 1. The highest BCUT2D eigenvalue weighted by Gasteiger charge is 2.34. The Hall–Kier alpha value is -0.750. The van der Waals surface area contributed by atoms with Crippen molar-refractivity contribution in [1.29, 1.82) is 0 Å². The smallest absolute Gasteiger partial charge is 0.327 e. The molecule has 1 amide bonds. The van der Waals surface area contributed by atoms with Crippen LogP contribution in [0.2, 0.25) is 0 Å². The lowest BCUT2D eigenvalue weighted by Gasteiger charge is -2.26. The molecular weight excluding hydrogens is 252 g/mol. The summed E-state index contributed by atoms with van der Waals surface area (Å²) in [5, 5.41) is 9.02. The van der Waals surface area contributed by atoms with Crippen molar-refractivity contribution in [2.75, 3.05) is 18.2 Å². The largest absolute Gasteiger partial charge is 0.480 e. The van der Waals surface area contributed by atoms with Crippen LogP contribution in [0.3, 0.4) is 0 Å². The molecule has 1 fully saturated rings. The van der Waals surface area contributed by atoms with Crippen LogP contribution < -0.4 is 5.73 Å². The van der Waals surface area contributed by atoms with E-state index in [-0.39, 0.29) is 11.3 Å². The van der Waals surface area contributed by atoms with E-state index < -0.39 is 12.0 Å². The minimum atomic E-state index is -0.908. The van der Waals surface area contributed by atoms with Gasteiger partial charge < -0.3 is 15.7 Å². The van der Waals surface area contributed by atoms with E-state index >= 15 is 0 Å². The number of carboxylic acids is 1. The van der Waals surface area contributed by atoms with Crippen molar-refractivity contribution in [2.45, 2.75) is 39.2 Å². The van der Waals surface area contributed by atoms with E-state index in [1.54, 1.807) is 0 Å². The van der Waals surface area contributed by atoms with E-state index in [9.17, 15) is 9.59 Å². The van der Waals surface area contributed by atoms with E-state index in [0.29, 0.717) is 24.6 Å². The molecule has 0 aliphatic carbocycles. The molecule has 0 aromatic heterocycles. The Morgan fingerprint density at radius 1 is 1.44 bits per heavy atom. The average Bonchev–Trinajstić information content (AvgIpc) is 2.74. The highest BCUT2D eigenvalue weighted by Crippen LogP contribution is 2.28. The molecule has 1 aliphatic heterocycles. The Morgan fingerprint density at radius 3 is 2.67 bits per heavy atom. The van der Waals surface area contributed by atoms with E-state index in [4.69, 9.17) is 10.8 Å². The Morgan fingerprint density at radius 2 is 2.11 bits per heavy atom. The highest BCUT2D eigenvalue weighted by atomic mass is 32.2. The quantitative estimate of drug-likeness (QED) is 0.758. The Balaban J connectivity index is 2.48. The maximum absolute atomic E-state index is 12.0. The molecule has 1 rings (SSSR count). The molecule has 1 aliphatic rings. The number of hydrogen-bond acceptors (Lipinski definition) is 4. The number of amides is 1. The average molecular weight is 274 g/mol. The van der Waals surface area contributed by atoms with Gasteiger partial charge in [0.25, 0.3) is 0 Å². The highest BCUT2D eigenvalue weighted by molar-refractivity contribution is 7.99. The SMILES string of the molecule is CC(C)(CCN)CCC(=O)N1CSC[C@H]1C(=O)O. The molecule has 1 saturated heterocycles. The van der Waals surface area contributed by atoms with Crippen LogP contribution in [0.25, 0.3) is 0 Å². The first kappa shape index (κ1) is 15.3. The predicted molar refractivity (Wildman–Crippen MR) is 72.3 cm³/mol. The summed E-state index contributed by atoms with van der Waals surface area (Å²) >= 11 is 1.49. The lowest BCUT2D eigenvalue weighted by atomic mass is 9.84. The molecule has 0 aromatic carbocycles. The molecule has 0 aromatic rings. The van der Waals surface area contributed by atoms with Crippen LogP contribution in [0.15, 0.2) is 0 Å². The van der Waals surface area contributed by atoms with E-state index in [1.807, 2.05) is 0 Å². The number of hydrogen-bond donors (Lipinski definition) is 2. The third kappa shape index (κ3) is 4.17. The molecule has 3 N–H and O–H groups in total. The number of aliphatic carboxylic acids is 1. The van der Waals surface area contributed by atoms with Crippen molar-refractivity contribution in [1.82, 2.24) is 4.90 Å². The lowest BCUT2D eigenvalue weighted by molar-refractivity contribution is -0.147. The molecule has 1 heterocycles. The summed E-state index contributed by atoms with van der Waals surface area (Å²) in [6.07, 6.45) is 2.02. The summed E-state index contributed by atoms with van der Waals surface area (Å²) in [6, 6.07) is -0.653. The summed E-state index contributed by atoms with van der Waals surface area (Å²) < 4.78 is 0. The Kier molecular flexibility index (Phi) is 5.47. The van der Waals surface area contributed by atoms with Gasteiger partial charge in [-0.05, 0) is 24.8 Å². The fourth-order valence-electron chi connectivity index (χ4n) is 2.00. The first-order valence-electron chi connectivity index (χ1n) is 6.17. The van der Waals surface area contributed by atoms with Gasteiger partial charge in [-0.2, -0.15) is 0 Å². The van der Waals surface area contributed by atoms with Crippen LogP contribution in [-0.4, -0.2) is 46.1 Å². The summed E-state index contributed by atoms with van der Waals surface area (Å²) in [4.78, 5) is 24.5. The van der Waals surface area contributed by atoms with Crippen LogP contribution in [0.1, 0.15) is 33.1 Å². The summed E-state index contributed by atoms with van der Waals surface area (Å²) in [5.74, 6) is 0.0208. The van der Waals surface area contributed by atoms with Crippen molar-refractivity contribution in [3.05, 3.63) is 0 Å². The zero-order valence-corrected chi connectivity index (χ0v) is 11.8. The molecule has 0 saturated carbocycles. The van der Waals surface area contributed by atoms with Crippen molar-refractivity contribution in [3.63, 3.8) is 0 Å². The molecule has 0 unspecified atom stereocenters. The first-order valence-corrected chi connectivity index (χ1v) is 7.33. The zero-order valence-electron chi connectivity index (χ0n) is 11.0. The van der Waals surface area contributed by atoms with Crippen LogP contribution in [-0.2, 0) is 9.59 Å². The Bertz CT molecular complexity index is 320. The second-order valence-corrected chi connectivity index (χ2v) is 6.42. The molecule has 104 valence electrons. The van der Waals surface area contributed by atoms with Crippen molar-refractivity contribution in [3.8, 4) is 0 Å². The monoisotopic (exact) mass is 274 g/mol. The molecule has 0 bridgehead atoms. The summed E-state index contributed by atoms with van der Waals surface area (Å²) in [6.45, 7) is 4.78. The molecule has 0 radical (unpaired) electrons. The van der Waals surface area contributed by atoms with Crippen molar-refractivity contribution in [2.24, 2.45) is 11.1 Å². The molecule has 1 atom stereocenters. The molecule has 5 nitrogen and oxygen atoms in total. The van der Waals surface area contributed by atoms with Crippen LogP contribution >= 0.6 is 11.8 Å². The fraction of sp³-hybridized carbons (Fsp3) is 0.833. The van der Waals surface area contributed by atoms with E-state index in [1.165, 1.54) is 16.7 Å². The van der Waals surface area contributed by atoms with Gasteiger partial charge >= 0.3 is 5.97 Å². The second kappa shape index (κ2) is 6.43. The van der Waals surface area contributed by atoms with Crippen LogP contribution in [0.5, 0.6) is 0 Å². The number of nitrogens with two attached hydrogens (primary N) is 1. The number of carbonyl (C=O) groups excluding carboxylic acids is 1. The van der Waals surface area contributed by atoms with E-state index in [2.05, 4.69) is 13.8 Å². The fourth-order valence-corrected chi connectivity index (χ4v) is 3.17. The number of rotatable bonds is 6. The van der Waals surface area contributed by atoms with Gasteiger partial charge in [0.2, 0.25) is 5.91 Å². The predicted octanol–water partition coefficient (Wildman–Crippen LogP) is 1.13. The second-order valence-electron chi connectivity index (χ2n) is 5.42. The molecule has 6 heteroatoms. The number of nitrogens with zero attached hydrogens (tertiary/aromatic N) is 1. The van der Waals surface area contributed by atoms with E-state index in [0.717, 1.165) is 12.8 Å². The van der Waals surface area contributed by atoms with Crippen molar-refractivity contribution >= 4 is 23.6 Å². The van der Waals surface area contributed by atoms with Gasteiger partial charge in [-0.3, -0.25) is 4.79 Å². The van der Waals surface area contributed by atoms with Crippen LogP contribution in [0.4, 0.5) is 0 Å². The zero-order chi connectivity index (χ0) is 13.8. The van der Waals surface area contributed by atoms with Gasteiger partial charge in [0.15, 0.2) is 0 Å². The molecule has 18 heavy (non-hydrogen) atoms. The maximum atomic E-state index is 12.0. The first-order chi connectivity index (χ1) is 8.37. The van der Waals surface area contributed by atoms with Gasteiger partial charge in [0.1, 0.15) is 6.04 Å². The maximum Gasteiger partial charge on any atom is 0.327 e. The third-order valence-corrected chi connectivity index (χ3v) is 4.34. The number of carbonyl (C=O) groups is 2. The third-order valence-electron chi connectivity index (χ3n) is 3.32. The standard InChI is InChI=1S/C12H22N2O3S/c1-12(2,5-6-13)4-3-10(15)14-8-18-7-9(14)11(16)17/h9H,3-8,13H2,1-2H3,(H,16,17)/t9-/m0/s1. The molecule has 0 spiro atoms. The molecular formula is C12H22N2O3S. The summed E-state index contributed by atoms with van der Waals surface area (Å²) in [5.41, 5.74) is 5.57. The lowest BCUT2D eigenvalue weighted by Crippen LogP contribution is -2.42. The topological polar surface area (TPSA) is 83.6 Å². The van der Waals surface area contributed by atoms with Gasteiger partial charge in [-0.1, -0.05) is 13.8 Å². The van der Waals surface area contributed by atoms with Gasteiger partial charge in [-0.15, -0.1) is 11.8 Å². The summed E-state index contributed by atoms with van der Waals surface area (Å²) in [7, 11) is 0. The van der Waals surface area contributed by atoms with Crippen molar-refractivity contribution < 1.29 is 14.7 Å². The van der Waals surface area contributed by atoms with Crippen LogP contribution in [0, 0.1) is 5.41 Å². The van der Waals surface area contributed by atoms with Gasteiger partial charge in [-0.25, -0.2) is 4.79 Å². The normalized spacial score (nSPS) is 20.2. The number of thioether (sulfide) groups is 1.